The predicted octanol–water partition coefficient (Wildman–Crippen LogP) is 3.18. The van der Waals surface area contributed by atoms with Gasteiger partial charge in [0.05, 0.1) is 12.1 Å². The summed E-state index contributed by atoms with van der Waals surface area (Å²) in [6.07, 6.45) is -2.36. The van der Waals surface area contributed by atoms with Crippen LogP contribution < -0.4 is 10.2 Å². The number of carbonyl (C=O) groups is 3. The van der Waals surface area contributed by atoms with Crippen molar-refractivity contribution in [2.24, 2.45) is 0 Å². The molecule has 1 aliphatic carbocycles. The van der Waals surface area contributed by atoms with E-state index in [0.29, 0.717) is 6.07 Å². The van der Waals surface area contributed by atoms with Crippen molar-refractivity contribution in [3.63, 3.8) is 0 Å². The lowest BCUT2D eigenvalue weighted by molar-refractivity contribution is -0.275. The van der Waals surface area contributed by atoms with E-state index < -0.39 is 29.3 Å². The summed E-state index contributed by atoms with van der Waals surface area (Å²) in [5.41, 5.74) is -1.02. The van der Waals surface area contributed by atoms with Gasteiger partial charge in [-0.2, -0.15) is 0 Å². The van der Waals surface area contributed by atoms with Crippen molar-refractivity contribution in [1.29, 1.82) is 0 Å². The smallest absolute Gasteiger partial charge is 0.462 e. The highest BCUT2D eigenvalue weighted by atomic mass is 19.4. The van der Waals surface area contributed by atoms with Crippen LogP contribution in [0.3, 0.4) is 0 Å². The van der Waals surface area contributed by atoms with Crippen molar-refractivity contribution in [3.8, 4) is 5.75 Å². The van der Waals surface area contributed by atoms with Gasteiger partial charge in [-0.25, -0.2) is 9.18 Å². The number of rotatable bonds is 4. The molecule has 11 heteroatoms. The van der Waals surface area contributed by atoms with Crippen molar-refractivity contribution in [2.75, 3.05) is 6.61 Å². The number of benzene rings is 1. The molecule has 0 radical (unpaired) electrons. The van der Waals surface area contributed by atoms with Gasteiger partial charge < -0.3 is 23.6 Å². The molecule has 0 spiro atoms. The van der Waals surface area contributed by atoms with Crippen molar-refractivity contribution in [2.45, 2.75) is 32.2 Å². The Labute approximate surface area is 161 Å². The van der Waals surface area contributed by atoms with E-state index in [2.05, 4.69) is 4.74 Å². The molecule has 0 N–H and O–H groups in total. The molecule has 0 amide bonds. The van der Waals surface area contributed by atoms with Gasteiger partial charge in [-0.1, -0.05) is 0 Å². The van der Waals surface area contributed by atoms with E-state index in [4.69, 9.17) is 14.3 Å². The topological polar surface area (TPSA) is 91.7 Å². The third kappa shape index (κ3) is 5.62. The Morgan fingerprint density at radius 1 is 1.21 bits per heavy atom. The molecule has 0 unspecified atom stereocenters. The zero-order valence-electron chi connectivity index (χ0n) is 15.3. The standard InChI is InChI=1S/C16H13F4NO4.2CH2O/c1-2-24-15(23)10-7-21(8-3-4-8)12-6-13(25-16(18,19)20)11(17)5-9(12)14(10)22;2*1-2/h5-8H,2-4H2,1H3;2*1H2. The average Bonchev–Trinajstić information content (AvgIpc) is 3.51. The molecule has 1 aromatic carbocycles. The van der Waals surface area contributed by atoms with Crippen LogP contribution in [0, 0.1) is 5.82 Å². The van der Waals surface area contributed by atoms with Gasteiger partial charge in [-0.15, -0.1) is 13.2 Å². The second-order valence-corrected chi connectivity index (χ2v) is 5.58. The molecule has 1 fully saturated rings. The Morgan fingerprint density at radius 2 is 1.79 bits per heavy atom. The monoisotopic (exact) mass is 419 g/mol. The van der Waals surface area contributed by atoms with Gasteiger partial charge in [0.1, 0.15) is 19.1 Å². The second-order valence-electron chi connectivity index (χ2n) is 5.58. The van der Waals surface area contributed by atoms with E-state index in [9.17, 15) is 27.2 Å². The Morgan fingerprint density at radius 3 is 2.28 bits per heavy atom. The van der Waals surface area contributed by atoms with Crippen LogP contribution in [0.2, 0.25) is 0 Å². The first kappa shape index (κ1) is 23.8. The summed E-state index contributed by atoms with van der Waals surface area (Å²) in [5, 5.41) is -0.204. The number of hydrogen-bond acceptors (Lipinski definition) is 6. The van der Waals surface area contributed by atoms with E-state index in [1.807, 2.05) is 13.6 Å². The Balaban J connectivity index is 0.000000989. The Hall–Kier alpha value is -3.24. The summed E-state index contributed by atoms with van der Waals surface area (Å²) in [6, 6.07) is 1.40. The maximum Gasteiger partial charge on any atom is 0.573 e. The van der Waals surface area contributed by atoms with Crippen LogP contribution in [0.1, 0.15) is 36.2 Å². The first-order valence-electron chi connectivity index (χ1n) is 8.10. The molecule has 2 aromatic rings. The van der Waals surface area contributed by atoms with Crippen LogP contribution in [0.5, 0.6) is 5.75 Å². The molecule has 1 aromatic heterocycles. The number of hydrogen-bond donors (Lipinski definition) is 0. The second kappa shape index (κ2) is 9.80. The average molecular weight is 419 g/mol. The number of carbonyl (C=O) groups excluding carboxylic acids is 3. The van der Waals surface area contributed by atoms with Crippen LogP contribution in [0.15, 0.2) is 23.1 Å². The van der Waals surface area contributed by atoms with E-state index in [-0.39, 0.29) is 29.1 Å². The van der Waals surface area contributed by atoms with E-state index in [1.165, 1.54) is 10.8 Å². The third-order valence-corrected chi connectivity index (χ3v) is 3.75. The molecule has 7 nitrogen and oxygen atoms in total. The van der Waals surface area contributed by atoms with E-state index in [1.54, 1.807) is 6.92 Å². The van der Waals surface area contributed by atoms with Gasteiger partial charge in [0.15, 0.2) is 11.6 Å². The summed E-state index contributed by atoms with van der Waals surface area (Å²) >= 11 is 0. The molecule has 0 bridgehead atoms. The molecular formula is C18H17F4NO6. The first-order chi connectivity index (χ1) is 13.7. The number of ether oxygens (including phenoxy) is 2. The molecule has 1 saturated carbocycles. The van der Waals surface area contributed by atoms with Gasteiger partial charge in [-0.3, -0.25) is 4.79 Å². The van der Waals surface area contributed by atoms with Crippen molar-refractivity contribution in [1.82, 2.24) is 4.57 Å². The highest BCUT2D eigenvalue weighted by Crippen LogP contribution is 2.38. The van der Waals surface area contributed by atoms with Gasteiger partial charge in [0.2, 0.25) is 5.43 Å². The lowest BCUT2D eigenvalue weighted by atomic mass is 10.1. The molecule has 1 heterocycles. The molecule has 158 valence electrons. The summed E-state index contributed by atoms with van der Waals surface area (Å²) in [7, 11) is 0. The first-order valence-corrected chi connectivity index (χ1v) is 8.10. The molecule has 0 atom stereocenters. The summed E-state index contributed by atoms with van der Waals surface area (Å²) < 4.78 is 61.2. The molecule has 29 heavy (non-hydrogen) atoms. The van der Waals surface area contributed by atoms with Gasteiger partial charge in [0, 0.05) is 23.7 Å². The fourth-order valence-corrected chi connectivity index (χ4v) is 2.56. The molecule has 0 saturated heterocycles. The lowest BCUT2D eigenvalue weighted by Crippen LogP contribution is -2.22. The van der Waals surface area contributed by atoms with Gasteiger partial charge in [-0.05, 0) is 25.8 Å². The van der Waals surface area contributed by atoms with Crippen LogP contribution >= 0.6 is 0 Å². The molecular weight excluding hydrogens is 402 g/mol. The van der Waals surface area contributed by atoms with Crippen LogP contribution in [-0.2, 0) is 14.3 Å². The molecule has 0 aliphatic heterocycles. The minimum atomic E-state index is -5.07. The van der Waals surface area contributed by atoms with Crippen molar-refractivity contribution >= 4 is 30.5 Å². The summed E-state index contributed by atoms with van der Waals surface area (Å²) in [6.45, 7) is 5.62. The number of esters is 1. The predicted molar refractivity (Wildman–Crippen MR) is 93.3 cm³/mol. The quantitative estimate of drug-likeness (QED) is 0.559. The number of alkyl halides is 3. The fraction of sp³-hybridized carbons (Fsp3) is 0.333. The van der Waals surface area contributed by atoms with Gasteiger partial charge >= 0.3 is 12.3 Å². The molecule has 1 aliphatic rings. The van der Waals surface area contributed by atoms with Crippen LogP contribution in [0.4, 0.5) is 17.6 Å². The van der Waals surface area contributed by atoms with Gasteiger partial charge in [0.25, 0.3) is 0 Å². The zero-order chi connectivity index (χ0) is 22.4. The maximum atomic E-state index is 14.0. The highest BCUT2D eigenvalue weighted by Gasteiger charge is 2.34. The zero-order valence-corrected chi connectivity index (χ0v) is 15.3. The number of aromatic nitrogens is 1. The Kier molecular flexibility index (Phi) is 8.05. The third-order valence-electron chi connectivity index (χ3n) is 3.75. The lowest BCUT2D eigenvalue weighted by Gasteiger charge is -2.15. The largest absolute Gasteiger partial charge is 0.573 e. The van der Waals surface area contributed by atoms with E-state index in [0.717, 1.165) is 18.9 Å². The van der Waals surface area contributed by atoms with Crippen molar-refractivity contribution < 1.29 is 41.4 Å². The van der Waals surface area contributed by atoms with Crippen molar-refractivity contribution in [3.05, 3.63) is 39.9 Å². The fourth-order valence-electron chi connectivity index (χ4n) is 2.56. The number of fused-ring (bicyclic) bond motifs is 1. The summed E-state index contributed by atoms with van der Waals surface area (Å²) in [5.74, 6) is -3.23. The normalized spacial score (nSPS) is 12.9. The van der Waals surface area contributed by atoms with E-state index >= 15 is 0 Å². The minimum Gasteiger partial charge on any atom is -0.462 e. The number of halogens is 4. The number of nitrogens with zero attached hydrogens (tertiary/aromatic N) is 1. The highest BCUT2D eigenvalue weighted by molar-refractivity contribution is 5.94. The van der Waals surface area contributed by atoms with Crippen LogP contribution in [0.25, 0.3) is 10.9 Å². The number of pyridine rings is 1. The maximum absolute atomic E-state index is 14.0. The van der Waals surface area contributed by atoms with Crippen LogP contribution in [-0.4, -0.2) is 37.1 Å². The Bertz CT molecular complexity index is 935. The summed E-state index contributed by atoms with van der Waals surface area (Å²) in [4.78, 5) is 40.4. The SMILES string of the molecule is C=O.C=O.CCOC(=O)c1cn(C2CC2)c2cc(OC(F)(F)F)c(F)cc2c1=O. The minimum absolute atomic E-state index is 0.0481. The molecule has 3 rings (SSSR count).